The molecule has 8 nitrogen and oxygen atoms in total. The third kappa shape index (κ3) is 6.19. The van der Waals surface area contributed by atoms with Crippen LogP contribution in [0.3, 0.4) is 0 Å². The molecule has 39 heavy (non-hydrogen) atoms. The molecule has 0 radical (unpaired) electrons. The van der Waals surface area contributed by atoms with Crippen molar-refractivity contribution in [1.82, 2.24) is 10.2 Å². The van der Waals surface area contributed by atoms with Crippen LogP contribution in [-0.4, -0.2) is 44.5 Å². The molecular weight excluding hydrogens is 524 g/mol. The number of anilines is 1. The van der Waals surface area contributed by atoms with Gasteiger partial charge in [-0.25, -0.2) is 13.8 Å². The van der Waals surface area contributed by atoms with Gasteiger partial charge in [-0.15, -0.1) is 0 Å². The number of benzene rings is 2. The number of aliphatic imine (C=N–C) groups is 2. The third-order valence-corrected chi connectivity index (χ3v) is 5.97. The fraction of sp³-hybridized carbons (Fsp3) is 0.321. The van der Waals surface area contributed by atoms with Crippen molar-refractivity contribution >= 4 is 46.4 Å². The van der Waals surface area contributed by atoms with Crippen molar-refractivity contribution in [3.8, 4) is 5.75 Å². The van der Waals surface area contributed by atoms with E-state index in [4.69, 9.17) is 17.0 Å². The number of hydrogen-bond donors (Lipinski definition) is 2. The molecule has 0 unspecified atom stereocenters. The Kier molecular flexibility index (Phi) is 7.40. The van der Waals surface area contributed by atoms with Crippen LogP contribution < -0.4 is 15.4 Å². The third-order valence-electron chi connectivity index (χ3n) is 5.77. The Morgan fingerprint density at radius 1 is 1.00 bits per heavy atom. The SMILES string of the molecule is CC(C)(C)N(C1=C2C(=O)C(=N1)N=C2Oc1ccc(NC(=S)NC(=O)Cc2ccc(F)cc2)cc1F)C(C)(C)C. The van der Waals surface area contributed by atoms with Crippen molar-refractivity contribution in [3.05, 3.63) is 71.1 Å². The van der Waals surface area contributed by atoms with Gasteiger partial charge in [0.2, 0.25) is 23.4 Å². The number of amidine groups is 1. The van der Waals surface area contributed by atoms with E-state index in [0.717, 1.165) is 6.07 Å². The minimum Gasteiger partial charge on any atom is -0.435 e. The molecule has 4 rings (SSSR count). The van der Waals surface area contributed by atoms with Gasteiger partial charge in [0.25, 0.3) is 0 Å². The molecule has 0 aliphatic carbocycles. The van der Waals surface area contributed by atoms with Crippen LogP contribution in [0.5, 0.6) is 5.75 Å². The van der Waals surface area contributed by atoms with Gasteiger partial charge in [0.1, 0.15) is 17.2 Å². The molecule has 0 aromatic heterocycles. The summed E-state index contributed by atoms with van der Waals surface area (Å²) in [6.07, 6.45) is -0.00490. The largest absolute Gasteiger partial charge is 0.435 e. The summed E-state index contributed by atoms with van der Waals surface area (Å²) in [6.45, 7) is 12.1. The summed E-state index contributed by atoms with van der Waals surface area (Å²) in [6, 6.07) is 9.56. The lowest BCUT2D eigenvalue weighted by molar-refractivity contribution is -0.119. The highest BCUT2D eigenvalue weighted by molar-refractivity contribution is 7.80. The molecule has 0 spiro atoms. The van der Waals surface area contributed by atoms with Gasteiger partial charge in [-0.2, -0.15) is 4.99 Å². The summed E-state index contributed by atoms with van der Waals surface area (Å²) in [4.78, 5) is 35.6. The van der Waals surface area contributed by atoms with Crippen LogP contribution in [0.2, 0.25) is 0 Å². The molecule has 204 valence electrons. The molecule has 0 saturated heterocycles. The number of rotatable bonds is 5. The lowest BCUT2D eigenvalue weighted by atomic mass is 9.95. The van der Waals surface area contributed by atoms with Gasteiger partial charge in [-0.3, -0.25) is 9.59 Å². The van der Waals surface area contributed by atoms with E-state index in [1.54, 1.807) is 0 Å². The summed E-state index contributed by atoms with van der Waals surface area (Å²) in [5, 5.41) is 5.21. The first-order valence-corrected chi connectivity index (χ1v) is 12.6. The zero-order chi connectivity index (χ0) is 28.7. The average molecular weight is 554 g/mol. The fourth-order valence-corrected chi connectivity index (χ4v) is 4.84. The van der Waals surface area contributed by atoms with E-state index in [1.165, 1.54) is 36.4 Å². The van der Waals surface area contributed by atoms with Gasteiger partial charge < -0.3 is 20.3 Å². The second kappa shape index (κ2) is 10.3. The minimum atomic E-state index is -0.731. The quantitative estimate of drug-likeness (QED) is 0.512. The Balaban J connectivity index is 1.45. The summed E-state index contributed by atoms with van der Waals surface area (Å²) in [7, 11) is 0. The topological polar surface area (TPSA) is 95.4 Å². The van der Waals surface area contributed by atoms with Crippen molar-refractivity contribution in [2.45, 2.75) is 59.0 Å². The minimum absolute atomic E-state index is 0.00490. The number of thiocarbonyl (C=S) groups is 1. The smallest absolute Gasteiger partial charge is 0.239 e. The number of ether oxygens (including phenoxy) is 1. The van der Waals surface area contributed by atoms with Gasteiger partial charge in [0, 0.05) is 22.8 Å². The summed E-state index contributed by atoms with van der Waals surface area (Å²) < 4.78 is 33.8. The first kappa shape index (κ1) is 28.0. The molecule has 2 N–H and O–H groups in total. The number of carbonyl (C=O) groups excluding carboxylic acids is 2. The van der Waals surface area contributed by atoms with Gasteiger partial charge in [-0.05, 0) is 83.6 Å². The van der Waals surface area contributed by atoms with E-state index in [1.807, 2.05) is 46.4 Å². The van der Waals surface area contributed by atoms with Gasteiger partial charge in [-0.1, -0.05) is 12.1 Å². The molecule has 2 aliphatic heterocycles. The van der Waals surface area contributed by atoms with Crippen LogP contribution >= 0.6 is 12.2 Å². The van der Waals surface area contributed by atoms with E-state index in [-0.39, 0.29) is 57.1 Å². The first-order chi connectivity index (χ1) is 18.1. The van der Waals surface area contributed by atoms with E-state index in [2.05, 4.69) is 20.6 Å². The standard InChI is InChI=1S/C28H29F2N5O3S/c1-27(2,3)35(28(4,5)6)24-21-22(37)23(33-24)34-25(21)38-19-12-11-17(14-18(19)30)31-26(39)32-20(36)13-15-7-9-16(29)10-8-15/h7-12,14H,13H2,1-6H3,(H2,31,32,36,39). The lowest BCUT2D eigenvalue weighted by Gasteiger charge is -2.47. The molecule has 0 atom stereocenters. The van der Waals surface area contributed by atoms with Gasteiger partial charge in [0.05, 0.1) is 6.42 Å². The number of nitrogens with one attached hydrogen (secondary N) is 2. The Morgan fingerprint density at radius 3 is 2.21 bits per heavy atom. The van der Waals surface area contributed by atoms with Gasteiger partial charge in [0.15, 0.2) is 16.7 Å². The number of hydrogen-bond acceptors (Lipinski definition) is 7. The molecular formula is C28H29F2N5O3S. The summed E-state index contributed by atoms with van der Waals surface area (Å²) >= 11 is 5.15. The molecule has 2 aromatic carbocycles. The van der Waals surface area contributed by atoms with Crippen LogP contribution in [0.25, 0.3) is 0 Å². The number of amides is 1. The van der Waals surface area contributed by atoms with Crippen molar-refractivity contribution in [3.63, 3.8) is 0 Å². The second-order valence-corrected chi connectivity index (χ2v) is 11.5. The maximum Gasteiger partial charge on any atom is 0.239 e. The van der Waals surface area contributed by atoms with Crippen LogP contribution in [0.15, 0.2) is 63.8 Å². The lowest BCUT2D eigenvalue weighted by Crippen LogP contribution is -2.52. The van der Waals surface area contributed by atoms with Crippen molar-refractivity contribution in [2.75, 3.05) is 5.32 Å². The predicted octanol–water partition coefficient (Wildman–Crippen LogP) is 4.90. The molecule has 1 amide bonds. The van der Waals surface area contributed by atoms with Crippen molar-refractivity contribution < 1.29 is 23.1 Å². The molecule has 2 aliphatic rings. The van der Waals surface area contributed by atoms with E-state index in [9.17, 15) is 18.4 Å². The zero-order valence-corrected chi connectivity index (χ0v) is 23.3. The zero-order valence-electron chi connectivity index (χ0n) is 22.5. The fourth-order valence-electron chi connectivity index (χ4n) is 4.60. The highest BCUT2D eigenvalue weighted by Crippen LogP contribution is 2.38. The van der Waals surface area contributed by atoms with Crippen LogP contribution in [0, 0.1) is 11.6 Å². The van der Waals surface area contributed by atoms with Crippen LogP contribution in [0.4, 0.5) is 14.5 Å². The van der Waals surface area contributed by atoms with Crippen molar-refractivity contribution in [1.29, 1.82) is 0 Å². The molecule has 2 heterocycles. The normalized spacial score (nSPS) is 14.7. The predicted molar refractivity (Wildman–Crippen MR) is 150 cm³/mol. The second-order valence-electron chi connectivity index (χ2n) is 11.1. The van der Waals surface area contributed by atoms with Crippen LogP contribution in [0.1, 0.15) is 47.1 Å². The Hall–Kier alpha value is -3.99. The maximum absolute atomic E-state index is 15.0. The van der Waals surface area contributed by atoms with Crippen LogP contribution in [-0.2, 0) is 16.0 Å². The molecule has 2 bridgehead atoms. The first-order valence-electron chi connectivity index (χ1n) is 12.2. The highest BCUT2D eigenvalue weighted by Gasteiger charge is 2.46. The number of halogens is 2. The Labute approximate surface area is 230 Å². The van der Waals surface area contributed by atoms with E-state index >= 15 is 0 Å². The number of fused-ring (bicyclic) bond motifs is 2. The van der Waals surface area contributed by atoms with Gasteiger partial charge >= 0.3 is 0 Å². The molecule has 0 saturated carbocycles. The summed E-state index contributed by atoms with van der Waals surface area (Å²) in [5.41, 5.74) is 0.344. The van der Waals surface area contributed by atoms with Crippen molar-refractivity contribution in [2.24, 2.45) is 9.98 Å². The molecule has 2 aromatic rings. The number of Topliss-reactive ketones (excluding diaryl/α,β-unsaturated/α-hetero) is 1. The highest BCUT2D eigenvalue weighted by atomic mass is 32.1. The number of carbonyl (C=O) groups is 2. The number of nitrogens with zero attached hydrogens (tertiary/aromatic N) is 3. The maximum atomic E-state index is 15.0. The van der Waals surface area contributed by atoms with E-state index in [0.29, 0.717) is 11.4 Å². The van der Waals surface area contributed by atoms with E-state index < -0.39 is 17.5 Å². The summed E-state index contributed by atoms with van der Waals surface area (Å²) in [5.74, 6) is -1.60. The molecule has 11 heteroatoms. The number of ketones is 1. The monoisotopic (exact) mass is 553 g/mol. The molecule has 0 fully saturated rings. The Morgan fingerprint density at radius 2 is 1.64 bits per heavy atom. The Bertz CT molecular complexity index is 1440. The average Bonchev–Trinajstić information content (AvgIpc) is 3.25.